The van der Waals surface area contributed by atoms with E-state index in [-0.39, 0.29) is 37.3 Å². The van der Waals surface area contributed by atoms with E-state index < -0.39 is 0 Å². The molecule has 0 bridgehead atoms. The van der Waals surface area contributed by atoms with Gasteiger partial charge in [0.15, 0.2) is 0 Å². The predicted octanol–water partition coefficient (Wildman–Crippen LogP) is 14.6. The van der Waals surface area contributed by atoms with Crippen molar-refractivity contribution >= 4 is 71.2 Å². The molecular formula is C61H52N6OPt-2. The van der Waals surface area contributed by atoms with E-state index in [1.807, 2.05) is 24.4 Å². The molecule has 344 valence electrons. The number of nitrogens with zero attached hydrogens (tertiary/aromatic N) is 6. The minimum atomic E-state index is -0.161. The third-order valence-corrected chi connectivity index (χ3v) is 13.5. The third kappa shape index (κ3) is 7.15. The first-order valence-electron chi connectivity index (χ1n) is 23.5. The second-order valence-corrected chi connectivity index (χ2v) is 21.2. The molecule has 7 nitrogen and oxygen atoms in total. The van der Waals surface area contributed by atoms with Crippen LogP contribution in [0.3, 0.4) is 0 Å². The molecule has 0 N–H and O–H groups in total. The zero-order valence-corrected chi connectivity index (χ0v) is 42.6. The van der Waals surface area contributed by atoms with E-state index >= 15 is 0 Å². The number of hydrogen-bond acceptors (Lipinski definition) is 3. The molecule has 0 saturated heterocycles. The largest absolute Gasteiger partial charge is 0.510 e. The Balaban J connectivity index is 0.00000520. The zero-order valence-electron chi connectivity index (χ0n) is 40.3. The predicted molar refractivity (Wildman–Crippen MR) is 277 cm³/mol. The number of para-hydroxylation sites is 3. The van der Waals surface area contributed by atoms with Crippen molar-refractivity contribution in [3.05, 3.63) is 187 Å². The summed E-state index contributed by atoms with van der Waals surface area (Å²) >= 11 is 0. The molecule has 0 aliphatic heterocycles. The van der Waals surface area contributed by atoms with Crippen LogP contribution >= 0.6 is 0 Å². The Bertz CT molecular complexity index is 3990. The summed E-state index contributed by atoms with van der Waals surface area (Å²) in [6.07, 6.45) is 5.81. The van der Waals surface area contributed by atoms with Gasteiger partial charge in [-0.05, 0) is 79.7 Å². The quantitative estimate of drug-likeness (QED) is 0.0980. The molecule has 5 aromatic heterocycles. The van der Waals surface area contributed by atoms with Gasteiger partial charge in [0, 0.05) is 55.1 Å². The molecule has 12 rings (SSSR count). The first-order valence-corrected chi connectivity index (χ1v) is 23.5. The molecule has 0 atom stereocenters. The molecule has 0 amide bonds. The summed E-state index contributed by atoms with van der Waals surface area (Å²) in [6.45, 7) is 20.4. The summed E-state index contributed by atoms with van der Waals surface area (Å²) in [6, 6.07) is 58.7. The number of ether oxygens (including phenoxy) is 1. The molecule has 7 aromatic carbocycles. The molecule has 0 fully saturated rings. The van der Waals surface area contributed by atoms with E-state index in [0.717, 1.165) is 77.6 Å². The topological polar surface area (TPSA) is 53.2 Å². The minimum absolute atomic E-state index is 0. The first-order chi connectivity index (χ1) is 32.6. The van der Waals surface area contributed by atoms with Crippen molar-refractivity contribution in [1.29, 1.82) is 0 Å². The summed E-state index contributed by atoms with van der Waals surface area (Å²) in [5, 5.41) is 5.67. The van der Waals surface area contributed by atoms with E-state index in [0.29, 0.717) is 11.5 Å². The SMILES string of the molecule is CC(C)(C)c1ccnc(-n2c3[c-]c(Oc4[c-]c(-n5[c-][n+](-c6c(C(C)(C)C)cccc6C(C)(C)C)c6ccc7c(nc8c9ccccc9c9ccccc9n78)c65)ccc4)ccc3c3ccccc32)c1.[Pt]. The van der Waals surface area contributed by atoms with Crippen molar-refractivity contribution < 1.29 is 30.4 Å². The normalized spacial score (nSPS) is 12.6. The van der Waals surface area contributed by atoms with Crippen LogP contribution in [0.2, 0.25) is 0 Å². The Morgan fingerprint density at radius 2 is 1.19 bits per heavy atom. The summed E-state index contributed by atoms with van der Waals surface area (Å²) in [5.41, 5.74) is 13.0. The van der Waals surface area contributed by atoms with E-state index in [4.69, 9.17) is 14.7 Å². The monoisotopic (exact) mass is 1080 g/mol. The van der Waals surface area contributed by atoms with Crippen molar-refractivity contribution in [2.24, 2.45) is 0 Å². The molecule has 0 radical (unpaired) electrons. The van der Waals surface area contributed by atoms with Gasteiger partial charge in [0.25, 0.3) is 6.33 Å². The van der Waals surface area contributed by atoms with Gasteiger partial charge >= 0.3 is 0 Å². The van der Waals surface area contributed by atoms with Crippen LogP contribution in [0, 0.1) is 18.5 Å². The molecule has 0 spiro atoms. The summed E-state index contributed by atoms with van der Waals surface area (Å²) in [5.74, 6) is 1.98. The third-order valence-electron chi connectivity index (χ3n) is 13.5. The van der Waals surface area contributed by atoms with Crippen LogP contribution in [0.5, 0.6) is 11.5 Å². The second kappa shape index (κ2) is 16.0. The Labute approximate surface area is 416 Å². The van der Waals surface area contributed by atoms with Crippen molar-refractivity contribution in [3.8, 4) is 28.7 Å². The van der Waals surface area contributed by atoms with Crippen LogP contribution in [0.25, 0.3) is 88.4 Å². The second-order valence-electron chi connectivity index (χ2n) is 21.2. The van der Waals surface area contributed by atoms with Gasteiger partial charge in [-0.3, -0.25) is 8.97 Å². The summed E-state index contributed by atoms with van der Waals surface area (Å²) in [4.78, 5) is 10.5. The molecule has 0 saturated carbocycles. The Hall–Kier alpha value is -7.08. The van der Waals surface area contributed by atoms with Crippen LogP contribution in [0.15, 0.2) is 152 Å². The number of rotatable bonds is 5. The Morgan fingerprint density at radius 3 is 1.90 bits per heavy atom. The minimum Gasteiger partial charge on any atom is -0.510 e. The van der Waals surface area contributed by atoms with Crippen LogP contribution in [-0.2, 0) is 37.3 Å². The fourth-order valence-corrected chi connectivity index (χ4v) is 10.2. The van der Waals surface area contributed by atoms with Gasteiger partial charge in [-0.1, -0.05) is 153 Å². The average molecular weight is 1080 g/mol. The van der Waals surface area contributed by atoms with E-state index in [2.05, 4.69) is 226 Å². The number of pyridine rings is 2. The maximum atomic E-state index is 6.78. The van der Waals surface area contributed by atoms with Crippen molar-refractivity contribution in [3.63, 3.8) is 0 Å². The van der Waals surface area contributed by atoms with Gasteiger partial charge in [0.1, 0.15) is 17.0 Å². The molecule has 0 aliphatic rings. The standard InChI is InChI=1S/C61H52N6O.Pt/c1-59(2,3)38-32-33-62-54(34-38)66-49-26-14-13-22-44(49)45-29-28-41(36-53(45)66)68-40-19-16-18-39(35-40)64-37-65(56-47(60(4,5)6)24-17-25-48(56)61(7,8)9)52-31-30-51-55(57(52)64)63-58-46-23-11-10-20-42(46)43-21-12-15-27-50(43)67(51)58;/h10-34H,1-9H3;/q-2;. The average Bonchev–Trinajstić information content (AvgIpc) is 4.01. The number of aromatic nitrogens is 6. The smallest absolute Gasteiger partial charge is 0.268 e. The van der Waals surface area contributed by atoms with Gasteiger partial charge in [-0.2, -0.15) is 18.2 Å². The number of hydrogen-bond donors (Lipinski definition) is 0. The first kappa shape index (κ1) is 44.4. The van der Waals surface area contributed by atoms with Gasteiger partial charge < -0.3 is 13.9 Å². The molecule has 0 unspecified atom stereocenters. The maximum Gasteiger partial charge on any atom is 0.268 e. The van der Waals surface area contributed by atoms with Crippen LogP contribution in [0.4, 0.5) is 0 Å². The molecular weight excluding hydrogens is 1030 g/mol. The fourth-order valence-electron chi connectivity index (χ4n) is 10.2. The van der Waals surface area contributed by atoms with Crippen molar-refractivity contribution in [2.75, 3.05) is 0 Å². The molecule has 0 aliphatic carbocycles. The number of fused-ring (bicyclic) bond motifs is 13. The number of imidazole rings is 2. The molecule has 12 aromatic rings. The van der Waals surface area contributed by atoms with E-state index in [1.165, 1.54) is 27.5 Å². The van der Waals surface area contributed by atoms with Crippen LogP contribution in [0.1, 0.15) is 79.0 Å². The van der Waals surface area contributed by atoms with E-state index in [1.54, 1.807) is 0 Å². The molecule has 5 heterocycles. The van der Waals surface area contributed by atoms with Gasteiger partial charge in [0.2, 0.25) is 0 Å². The fraction of sp³-hybridized carbons (Fsp3) is 0.197. The van der Waals surface area contributed by atoms with Crippen LogP contribution < -0.4 is 9.30 Å². The number of benzene rings is 7. The Morgan fingerprint density at radius 1 is 0.551 bits per heavy atom. The van der Waals surface area contributed by atoms with Crippen molar-refractivity contribution in [2.45, 2.75) is 78.6 Å². The van der Waals surface area contributed by atoms with Crippen molar-refractivity contribution in [1.82, 2.24) is 23.5 Å². The molecule has 8 heteroatoms. The zero-order chi connectivity index (χ0) is 46.9. The summed E-state index contributed by atoms with van der Waals surface area (Å²) in [7, 11) is 0. The maximum absolute atomic E-state index is 6.78. The van der Waals surface area contributed by atoms with E-state index in [9.17, 15) is 0 Å². The Kier molecular flexibility index (Phi) is 10.3. The van der Waals surface area contributed by atoms with Gasteiger partial charge in [-0.25, -0.2) is 9.97 Å². The van der Waals surface area contributed by atoms with Crippen LogP contribution in [-0.4, -0.2) is 23.5 Å². The summed E-state index contributed by atoms with van der Waals surface area (Å²) < 4.78 is 15.7. The van der Waals surface area contributed by atoms with Gasteiger partial charge in [-0.15, -0.1) is 29.7 Å². The van der Waals surface area contributed by atoms with Gasteiger partial charge in [0.05, 0.1) is 27.8 Å². The molecule has 69 heavy (non-hydrogen) atoms.